The maximum absolute atomic E-state index is 12.0. The summed E-state index contributed by atoms with van der Waals surface area (Å²) in [5.41, 5.74) is 3.55. The lowest BCUT2D eigenvalue weighted by atomic mass is 9.95. The molecule has 1 aromatic rings. The van der Waals surface area contributed by atoms with Gasteiger partial charge in [-0.2, -0.15) is 0 Å². The highest BCUT2D eigenvalue weighted by molar-refractivity contribution is 6.32. The summed E-state index contributed by atoms with van der Waals surface area (Å²) < 4.78 is 0. The molecule has 4 heteroatoms. The number of carbonyl (C=O) groups is 1. The molecule has 1 amide bonds. The van der Waals surface area contributed by atoms with Gasteiger partial charge in [0, 0.05) is 16.6 Å². The number of benzene rings is 1. The van der Waals surface area contributed by atoms with Crippen LogP contribution in [0.3, 0.4) is 0 Å². The van der Waals surface area contributed by atoms with Crippen LogP contribution in [-0.4, -0.2) is 23.5 Å². The number of carbonyl (C=O) groups excluding carboxylic acids is 1. The summed E-state index contributed by atoms with van der Waals surface area (Å²) in [6, 6.07) is 10.4. The first-order valence-corrected chi connectivity index (χ1v) is 8.11. The van der Waals surface area contributed by atoms with Crippen LogP contribution in [0.1, 0.15) is 38.3 Å². The van der Waals surface area contributed by atoms with Gasteiger partial charge >= 0.3 is 0 Å². The number of nitrogens with one attached hydrogen (secondary N) is 1. The van der Waals surface area contributed by atoms with Gasteiger partial charge in [-0.3, -0.25) is 9.69 Å². The Labute approximate surface area is 136 Å². The van der Waals surface area contributed by atoms with Gasteiger partial charge in [0.15, 0.2) is 0 Å². The van der Waals surface area contributed by atoms with Gasteiger partial charge in [0.2, 0.25) is 5.91 Å². The summed E-state index contributed by atoms with van der Waals surface area (Å²) in [6.07, 6.45) is 3.90. The van der Waals surface area contributed by atoms with Gasteiger partial charge < -0.3 is 5.32 Å². The number of hydrogen-bond acceptors (Lipinski definition) is 2. The number of rotatable bonds is 3. The van der Waals surface area contributed by atoms with Crippen molar-refractivity contribution in [2.75, 3.05) is 6.54 Å². The van der Waals surface area contributed by atoms with Gasteiger partial charge in [0.1, 0.15) is 6.17 Å². The van der Waals surface area contributed by atoms with Gasteiger partial charge in [0.05, 0.1) is 6.54 Å². The van der Waals surface area contributed by atoms with Crippen LogP contribution in [0.5, 0.6) is 0 Å². The van der Waals surface area contributed by atoms with Crippen molar-refractivity contribution in [3.05, 3.63) is 58.1 Å². The van der Waals surface area contributed by atoms with Crippen molar-refractivity contribution in [3.8, 4) is 0 Å². The lowest BCUT2D eigenvalue weighted by Crippen LogP contribution is -2.40. The molecule has 1 aliphatic heterocycles. The van der Waals surface area contributed by atoms with Crippen LogP contribution in [0.2, 0.25) is 0 Å². The first kappa shape index (κ1) is 15.3. The fraction of sp³-hybridized carbons (Fsp3) is 0.389. The number of hydrogen-bond donors (Lipinski definition) is 1. The van der Waals surface area contributed by atoms with E-state index in [4.69, 9.17) is 11.6 Å². The monoisotopic (exact) mass is 316 g/mol. The molecule has 0 bridgehead atoms. The van der Waals surface area contributed by atoms with Crippen LogP contribution in [-0.2, 0) is 4.79 Å². The molecule has 1 aromatic carbocycles. The van der Waals surface area contributed by atoms with Crippen molar-refractivity contribution in [3.63, 3.8) is 0 Å². The molecule has 3 rings (SSSR count). The highest BCUT2D eigenvalue weighted by Gasteiger charge is 2.37. The summed E-state index contributed by atoms with van der Waals surface area (Å²) in [4.78, 5) is 14.2. The molecular weight excluding hydrogens is 296 g/mol. The molecule has 1 saturated heterocycles. The minimum Gasteiger partial charge on any atom is -0.335 e. The molecule has 1 fully saturated rings. The molecule has 22 heavy (non-hydrogen) atoms. The van der Waals surface area contributed by atoms with Gasteiger partial charge in [-0.25, -0.2) is 0 Å². The Hall–Kier alpha value is -1.58. The molecule has 0 saturated carbocycles. The van der Waals surface area contributed by atoms with E-state index in [1.54, 1.807) is 0 Å². The van der Waals surface area contributed by atoms with Crippen molar-refractivity contribution in [2.24, 2.45) is 0 Å². The van der Waals surface area contributed by atoms with Gasteiger partial charge in [-0.15, -0.1) is 0 Å². The number of allylic oxidation sites excluding steroid dienone is 2. The number of amides is 1. The molecule has 0 unspecified atom stereocenters. The second-order valence-corrected chi connectivity index (χ2v) is 6.42. The molecule has 1 N–H and O–H groups in total. The normalized spacial score (nSPS) is 24.2. The third kappa shape index (κ3) is 2.83. The van der Waals surface area contributed by atoms with Crippen molar-refractivity contribution < 1.29 is 4.79 Å². The van der Waals surface area contributed by atoms with Crippen molar-refractivity contribution in [1.29, 1.82) is 0 Å². The summed E-state index contributed by atoms with van der Waals surface area (Å²) in [6.45, 7) is 4.65. The zero-order chi connectivity index (χ0) is 15.7. The first-order valence-electron chi connectivity index (χ1n) is 7.73. The second-order valence-electron chi connectivity index (χ2n) is 6.01. The Balaban J connectivity index is 1.93. The van der Waals surface area contributed by atoms with E-state index in [2.05, 4.69) is 42.3 Å². The number of nitrogens with zero attached hydrogens (tertiary/aromatic N) is 1. The molecule has 3 nitrogen and oxygen atoms in total. The summed E-state index contributed by atoms with van der Waals surface area (Å²) in [7, 11) is 0. The van der Waals surface area contributed by atoms with Crippen molar-refractivity contribution >= 4 is 17.5 Å². The van der Waals surface area contributed by atoms with E-state index in [0.717, 1.165) is 23.4 Å². The Morgan fingerprint density at radius 1 is 1.32 bits per heavy atom. The lowest BCUT2D eigenvalue weighted by Gasteiger charge is -2.33. The highest BCUT2D eigenvalue weighted by atomic mass is 35.5. The fourth-order valence-electron chi connectivity index (χ4n) is 3.29. The Morgan fingerprint density at radius 2 is 2.05 bits per heavy atom. The zero-order valence-corrected chi connectivity index (χ0v) is 13.7. The topological polar surface area (TPSA) is 32.3 Å². The van der Waals surface area contributed by atoms with Crippen LogP contribution < -0.4 is 5.32 Å². The third-order valence-electron chi connectivity index (χ3n) is 4.57. The molecule has 0 spiro atoms. The standard InChI is InChI=1S/C18H21ClN2O/c1-12-7-6-10-15(19)17(12)18-20-16(22)11-21(18)13(2)14-8-4-3-5-9-14/h3-5,8-10,13,18H,6-7,11H2,1-2H3,(H,20,22)/t13-,18+/m1/s1. The molecule has 1 aliphatic carbocycles. The molecule has 1 heterocycles. The Morgan fingerprint density at radius 3 is 2.73 bits per heavy atom. The van der Waals surface area contributed by atoms with E-state index in [1.165, 1.54) is 11.1 Å². The van der Waals surface area contributed by atoms with Gasteiger partial charge in [-0.05, 0) is 32.3 Å². The minimum atomic E-state index is -0.133. The maximum atomic E-state index is 12.0. The van der Waals surface area contributed by atoms with E-state index in [0.29, 0.717) is 6.54 Å². The van der Waals surface area contributed by atoms with E-state index in [1.807, 2.05) is 18.2 Å². The predicted molar refractivity (Wildman–Crippen MR) is 89.4 cm³/mol. The lowest BCUT2D eigenvalue weighted by molar-refractivity contribution is -0.118. The summed E-state index contributed by atoms with van der Waals surface area (Å²) >= 11 is 6.45. The zero-order valence-electron chi connectivity index (χ0n) is 13.0. The SMILES string of the molecule is CC1=C([C@H]2NC(=O)CN2[C@H](C)c2ccccc2)C(Cl)=CCC1. The van der Waals surface area contributed by atoms with E-state index >= 15 is 0 Å². The van der Waals surface area contributed by atoms with Crippen LogP contribution in [0, 0.1) is 0 Å². The van der Waals surface area contributed by atoms with Crippen LogP contribution >= 0.6 is 11.6 Å². The molecule has 0 aromatic heterocycles. The Bertz CT molecular complexity index is 636. The first-order chi connectivity index (χ1) is 10.6. The van der Waals surface area contributed by atoms with Gasteiger partial charge in [-0.1, -0.05) is 53.6 Å². The van der Waals surface area contributed by atoms with Gasteiger partial charge in [0.25, 0.3) is 0 Å². The van der Waals surface area contributed by atoms with E-state index < -0.39 is 0 Å². The fourth-order valence-corrected chi connectivity index (χ4v) is 3.66. The van der Waals surface area contributed by atoms with Crippen LogP contribution in [0.15, 0.2) is 52.6 Å². The molecule has 2 aliphatic rings. The predicted octanol–water partition coefficient (Wildman–Crippen LogP) is 3.74. The van der Waals surface area contributed by atoms with Crippen LogP contribution in [0.25, 0.3) is 0 Å². The average Bonchev–Trinajstić information content (AvgIpc) is 2.89. The summed E-state index contributed by atoms with van der Waals surface area (Å²) in [5, 5.41) is 3.87. The smallest absolute Gasteiger partial charge is 0.235 e. The van der Waals surface area contributed by atoms with Crippen molar-refractivity contribution in [2.45, 2.75) is 38.9 Å². The largest absolute Gasteiger partial charge is 0.335 e. The number of halogens is 1. The van der Waals surface area contributed by atoms with Crippen molar-refractivity contribution in [1.82, 2.24) is 10.2 Å². The van der Waals surface area contributed by atoms with E-state index in [9.17, 15) is 4.79 Å². The van der Waals surface area contributed by atoms with Crippen LogP contribution in [0.4, 0.5) is 0 Å². The minimum absolute atomic E-state index is 0.0584. The highest BCUT2D eigenvalue weighted by Crippen LogP contribution is 2.35. The molecular formula is C18H21ClN2O. The quantitative estimate of drug-likeness (QED) is 0.921. The molecule has 2 atom stereocenters. The second kappa shape index (κ2) is 6.27. The maximum Gasteiger partial charge on any atom is 0.235 e. The third-order valence-corrected chi connectivity index (χ3v) is 4.93. The molecule has 0 radical (unpaired) electrons. The molecule has 116 valence electrons. The Kier molecular flexibility index (Phi) is 4.37. The van der Waals surface area contributed by atoms with E-state index in [-0.39, 0.29) is 18.1 Å². The summed E-state index contributed by atoms with van der Waals surface area (Å²) in [5.74, 6) is 0.0584. The average molecular weight is 317 g/mol.